The van der Waals surface area contributed by atoms with E-state index in [9.17, 15) is 14.7 Å². The van der Waals surface area contributed by atoms with Gasteiger partial charge in [0.25, 0.3) is 5.56 Å². The second-order valence-corrected chi connectivity index (χ2v) is 4.36. The van der Waals surface area contributed by atoms with Crippen molar-refractivity contribution in [2.45, 2.75) is 25.5 Å². The number of nitrogens with zero attached hydrogens (tertiary/aromatic N) is 1. The Bertz CT molecular complexity index is 451. The summed E-state index contributed by atoms with van der Waals surface area (Å²) in [6.07, 6.45) is 2.77. The highest BCUT2D eigenvalue weighted by molar-refractivity contribution is 5.80. The minimum atomic E-state index is -0.738. The average molecular weight is 236 g/mol. The highest BCUT2D eigenvalue weighted by atomic mass is 16.3. The van der Waals surface area contributed by atoms with Crippen LogP contribution < -0.4 is 10.9 Å². The lowest BCUT2D eigenvalue weighted by molar-refractivity contribution is -0.122. The molecule has 1 saturated carbocycles. The van der Waals surface area contributed by atoms with E-state index in [4.69, 9.17) is 0 Å². The molecule has 0 aromatic carbocycles. The number of hydrogen-bond donors (Lipinski definition) is 2. The highest BCUT2D eigenvalue weighted by Crippen LogP contribution is 2.28. The quantitative estimate of drug-likeness (QED) is 0.739. The number of aliphatic hydroxyl groups is 1. The Hall–Kier alpha value is -1.62. The second kappa shape index (κ2) is 5.14. The van der Waals surface area contributed by atoms with E-state index in [2.05, 4.69) is 5.32 Å². The maximum atomic E-state index is 11.4. The van der Waals surface area contributed by atoms with Gasteiger partial charge in [-0.25, -0.2) is 0 Å². The van der Waals surface area contributed by atoms with E-state index < -0.39 is 6.10 Å². The molecule has 1 aromatic heterocycles. The third-order valence-electron chi connectivity index (χ3n) is 2.77. The zero-order chi connectivity index (χ0) is 12.3. The van der Waals surface area contributed by atoms with Crippen LogP contribution in [0.3, 0.4) is 0 Å². The SMILES string of the molecule is O=C(NCC(O)Cn1ccccc1=O)C1CC1. The summed E-state index contributed by atoms with van der Waals surface area (Å²) in [4.78, 5) is 22.7. The van der Waals surface area contributed by atoms with Gasteiger partial charge in [-0.15, -0.1) is 0 Å². The van der Waals surface area contributed by atoms with Gasteiger partial charge < -0.3 is 15.0 Å². The van der Waals surface area contributed by atoms with E-state index >= 15 is 0 Å². The number of pyridine rings is 1. The predicted octanol–water partition coefficient (Wildman–Crippen LogP) is -0.265. The normalized spacial score (nSPS) is 16.5. The van der Waals surface area contributed by atoms with Gasteiger partial charge in [-0.05, 0) is 18.9 Å². The van der Waals surface area contributed by atoms with E-state index in [0.29, 0.717) is 0 Å². The molecular weight excluding hydrogens is 220 g/mol. The van der Waals surface area contributed by atoms with Crippen LogP contribution in [0.25, 0.3) is 0 Å². The van der Waals surface area contributed by atoms with Crippen molar-refractivity contribution in [1.82, 2.24) is 9.88 Å². The molecule has 1 atom stereocenters. The molecule has 17 heavy (non-hydrogen) atoms. The Kier molecular flexibility index (Phi) is 3.58. The van der Waals surface area contributed by atoms with Crippen LogP contribution in [0.4, 0.5) is 0 Å². The molecule has 2 N–H and O–H groups in total. The van der Waals surface area contributed by atoms with Crippen molar-refractivity contribution < 1.29 is 9.90 Å². The first kappa shape index (κ1) is 11.9. The van der Waals surface area contributed by atoms with Crippen molar-refractivity contribution in [3.63, 3.8) is 0 Å². The molecule has 2 rings (SSSR count). The average Bonchev–Trinajstić information content (AvgIpc) is 3.13. The summed E-state index contributed by atoms with van der Waals surface area (Å²) in [5.74, 6) is 0.145. The third-order valence-corrected chi connectivity index (χ3v) is 2.77. The number of aromatic nitrogens is 1. The molecule has 1 aliphatic rings. The summed E-state index contributed by atoms with van der Waals surface area (Å²) in [6, 6.07) is 4.83. The summed E-state index contributed by atoms with van der Waals surface area (Å²) in [7, 11) is 0. The monoisotopic (exact) mass is 236 g/mol. The third kappa shape index (κ3) is 3.42. The predicted molar refractivity (Wildman–Crippen MR) is 62.4 cm³/mol. The molecule has 0 saturated heterocycles. The zero-order valence-corrected chi connectivity index (χ0v) is 9.50. The van der Waals surface area contributed by atoms with Gasteiger partial charge in [-0.3, -0.25) is 9.59 Å². The molecule has 0 radical (unpaired) electrons. The standard InChI is InChI=1S/C12H16N2O3/c15-10(7-13-12(17)9-4-5-9)8-14-6-2-1-3-11(14)16/h1-3,6,9-10,15H,4-5,7-8H2,(H,13,17). The van der Waals surface area contributed by atoms with Crippen molar-refractivity contribution in [3.05, 3.63) is 34.7 Å². The van der Waals surface area contributed by atoms with Crippen molar-refractivity contribution in [2.75, 3.05) is 6.54 Å². The lowest BCUT2D eigenvalue weighted by Gasteiger charge is -2.13. The van der Waals surface area contributed by atoms with Crippen LogP contribution in [0, 0.1) is 5.92 Å². The van der Waals surface area contributed by atoms with E-state index in [1.807, 2.05) is 0 Å². The van der Waals surface area contributed by atoms with Crippen LogP contribution in [0.5, 0.6) is 0 Å². The molecule has 0 bridgehead atoms. The van der Waals surface area contributed by atoms with Crippen molar-refractivity contribution in [3.8, 4) is 0 Å². The molecule has 1 fully saturated rings. The number of hydrogen-bond acceptors (Lipinski definition) is 3. The van der Waals surface area contributed by atoms with Gasteiger partial charge in [-0.1, -0.05) is 6.07 Å². The Labute approximate surface area is 99.1 Å². The van der Waals surface area contributed by atoms with Gasteiger partial charge in [0.05, 0.1) is 12.6 Å². The van der Waals surface area contributed by atoms with Gasteiger partial charge in [0, 0.05) is 24.7 Å². The molecule has 5 nitrogen and oxygen atoms in total. The van der Waals surface area contributed by atoms with Crippen LogP contribution in [-0.2, 0) is 11.3 Å². The minimum Gasteiger partial charge on any atom is -0.389 e. The van der Waals surface area contributed by atoms with Gasteiger partial charge in [0.1, 0.15) is 0 Å². The van der Waals surface area contributed by atoms with Gasteiger partial charge >= 0.3 is 0 Å². The van der Waals surface area contributed by atoms with Crippen LogP contribution >= 0.6 is 0 Å². The first-order valence-electron chi connectivity index (χ1n) is 5.78. The molecule has 1 aromatic rings. The van der Waals surface area contributed by atoms with E-state index in [-0.39, 0.29) is 30.5 Å². The summed E-state index contributed by atoms with van der Waals surface area (Å²) in [5, 5.41) is 12.4. The second-order valence-electron chi connectivity index (χ2n) is 4.36. The van der Waals surface area contributed by atoms with Gasteiger partial charge in [0.2, 0.25) is 5.91 Å². The molecule has 1 amide bonds. The number of nitrogens with one attached hydrogen (secondary N) is 1. The molecule has 5 heteroatoms. The Balaban J connectivity index is 1.80. The molecular formula is C12H16N2O3. The number of carbonyl (C=O) groups excluding carboxylic acids is 1. The van der Waals surface area contributed by atoms with Crippen LogP contribution in [0.2, 0.25) is 0 Å². The fourth-order valence-corrected chi connectivity index (χ4v) is 1.61. The molecule has 0 spiro atoms. The fraction of sp³-hybridized carbons (Fsp3) is 0.500. The van der Waals surface area contributed by atoms with Gasteiger partial charge in [-0.2, -0.15) is 0 Å². The van der Waals surface area contributed by atoms with E-state index in [1.54, 1.807) is 18.3 Å². The number of aliphatic hydroxyl groups excluding tert-OH is 1. The molecule has 92 valence electrons. The zero-order valence-electron chi connectivity index (χ0n) is 9.50. The fourth-order valence-electron chi connectivity index (χ4n) is 1.61. The van der Waals surface area contributed by atoms with Crippen molar-refractivity contribution >= 4 is 5.91 Å². The van der Waals surface area contributed by atoms with Gasteiger partial charge in [0.15, 0.2) is 0 Å². The molecule has 0 aliphatic heterocycles. The summed E-state index contributed by atoms with van der Waals surface area (Å²) in [5.41, 5.74) is -0.153. The first-order chi connectivity index (χ1) is 8.16. The highest BCUT2D eigenvalue weighted by Gasteiger charge is 2.29. The van der Waals surface area contributed by atoms with Crippen molar-refractivity contribution in [2.24, 2.45) is 5.92 Å². The minimum absolute atomic E-state index is 0.00413. The van der Waals surface area contributed by atoms with Crippen LogP contribution in [0.1, 0.15) is 12.8 Å². The first-order valence-corrected chi connectivity index (χ1v) is 5.78. The van der Waals surface area contributed by atoms with E-state index in [0.717, 1.165) is 12.8 Å². The Morgan fingerprint density at radius 3 is 2.94 bits per heavy atom. The summed E-state index contributed by atoms with van der Waals surface area (Å²) in [6.45, 7) is 0.390. The van der Waals surface area contributed by atoms with Crippen LogP contribution in [-0.4, -0.2) is 28.2 Å². The maximum Gasteiger partial charge on any atom is 0.250 e. The maximum absolute atomic E-state index is 11.4. The summed E-state index contributed by atoms with van der Waals surface area (Å²) >= 11 is 0. The number of rotatable bonds is 5. The largest absolute Gasteiger partial charge is 0.389 e. The van der Waals surface area contributed by atoms with Crippen LogP contribution in [0.15, 0.2) is 29.2 Å². The molecule has 1 aliphatic carbocycles. The summed E-state index contributed by atoms with van der Waals surface area (Å²) < 4.78 is 1.42. The lowest BCUT2D eigenvalue weighted by Crippen LogP contribution is -2.36. The van der Waals surface area contributed by atoms with Crippen molar-refractivity contribution in [1.29, 1.82) is 0 Å². The Morgan fingerprint density at radius 2 is 2.29 bits per heavy atom. The smallest absolute Gasteiger partial charge is 0.250 e. The number of amides is 1. The molecule has 1 heterocycles. The number of carbonyl (C=O) groups is 1. The molecule has 1 unspecified atom stereocenters. The topological polar surface area (TPSA) is 71.3 Å². The lowest BCUT2D eigenvalue weighted by atomic mass is 10.3. The Morgan fingerprint density at radius 1 is 1.53 bits per heavy atom. The van der Waals surface area contributed by atoms with E-state index in [1.165, 1.54) is 10.6 Å².